The number of hydrogen-bond acceptors (Lipinski definition) is 1. The highest BCUT2D eigenvalue weighted by molar-refractivity contribution is 6.42. The summed E-state index contributed by atoms with van der Waals surface area (Å²) >= 11 is 11.8. The Morgan fingerprint density at radius 2 is 1.88 bits per heavy atom. The van der Waals surface area contributed by atoms with Crippen molar-refractivity contribution in [3.05, 3.63) is 33.8 Å². The topological polar surface area (TPSA) is 20.2 Å². The summed E-state index contributed by atoms with van der Waals surface area (Å²) in [6.07, 6.45) is 1.64. The predicted molar refractivity (Wildman–Crippen MR) is 67.9 cm³/mol. The first-order valence-electron chi connectivity index (χ1n) is 5.60. The van der Waals surface area contributed by atoms with Gasteiger partial charge < -0.3 is 5.11 Å². The molecule has 3 heteroatoms. The molecule has 0 saturated heterocycles. The van der Waals surface area contributed by atoms with Gasteiger partial charge in [-0.15, -0.1) is 0 Å². The predicted octanol–water partition coefficient (Wildman–Crippen LogP) is 4.25. The van der Waals surface area contributed by atoms with E-state index in [4.69, 9.17) is 23.2 Å². The van der Waals surface area contributed by atoms with Crippen LogP contribution in [0, 0.1) is 11.8 Å². The summed E-state index contributed by atoms with van der Waals surface area (Å²) in [5.74, 6) is 1.24. The first-order chi connectivity index (χ1) is 7.42. The molecular formula is C13H16Cl2O. The molecule has 1 nitrogen and oxygen atoms in total. The van der Waals surface area contributed by atoms with Crippen molar-refractivity contribution in [2.24, 2.45) is 11.8 Å². The Labute approximate surface area is 106 Å². The summed E-state index contributed by atoms with van der Waals surface area (Å²) in [7, 11) is 0. The SMILES string of the molecule is CC(C)C1CC(O)(c2ccc(Cl)c(Cl)c2)C1. The molecule has 2 rings (SSSR count). The fourth-order valence-electron chi connectivity index (χ4n) is 2.30. The van der Waals surface area contributed by atoms with Crippen LogP contribution >= 0.6 is 23.2 Å². The second-order valence-corrected chi connectivity index (χ2v) is 5.89. The Morgan fingerprint density at radius 3 is 2.38 bits per heavy atom. The van der Waals surface area contributed by atoms with Crippen LogP contribution in [-0.2, 0) is 5.60 Å². The van der Waals surface area contributed by atoms with E-state index in [0.29, 0.717) is 21.9 Å². The van der Waals surface area contributed by atoms with Crippen molar-refractivity contribution < 1.29 is 5.11 Å². The van der Waals surface area contributed by atoms with Crippen LogP contribution < -0.4 is 0 Å². The molecule has 1 aliphatic carbocycles. The van der Waals surface area contributed by atoms with Crippen LogP contribution in [0.15, 0.2) is 18.2 Å². The standard InChI is InChI=1S/C13H16Cl2O/c1-8(2)9-6-13(16,7-9)10-3-4-11(14)12(15)5-10/h3-5,8-9,16H,6-7H2,1-2H3. The van der Waals surface area contributed by atoms with Gasteiger partial charge in [0.1, 0.15) is 0 Å². The highest BCUT2D eigenvalue weighted by Gasteiger charge is 2.44. The fourth-order valence-corrected chi connectivity index (χ4v) is 2.60. The zero-order valence-corrected chi connectivity index (χ0v) is 11.0. The monoisotopic (exact) mass is 258 g/mol. The van der Waals surface area contributed by atoms with Gasteiger partial charge >= 0.3 is 0 Å². The number of benzene rings is 1. The third-order valence-electron chi connectivity index (χ3n) is 3.60. The van der Waals surface area contributed by atoms with Crippen LogP contribution in [0.1, 0.15) is 32.3 Å². The number of hydrogen-bond donors (Lipinski definition) is 1. The van der Waals surface area contributed by atoms with Gasteiger partial charge in [0.2, 0.25) is 0 Å². The van der Waals surface area contributed by atoms with Crippen LogP contribution in [0.2, 0.25) is 10.0 Å². The molecule has 0 unspecified atom stereocenters. The molecule has 0 atom stereocenters. The van der Waals surface area contributed by atoms with E-state index < -0.39 is 5.60 Å². The van der Waals surface area contributed by atoms with Gasteiger partial charge in [-0.2, -0.15) is 0 Å². The van der Waals surface area contributed by atoms with Gasteiger partial charge in [-0.3, -0.25) is 0 Å². The third kappa shape index (κ3) is 2.09. The fraction of sp³-hybridized carbons (Fsp3) is 0.538. The van der Waals surface area contributed by atoms with Crippen molar-refractivity contribution in [3.63, 3.8) is 0 Å². The van der Waals surface area contributed by atoms with Crippen molar-refractivity contribution in [2.45, 2.75) is 32.3 Å². The molecule has 0 spiro atoms. The molecule has 1 N–H and O–H groups in total. The molecule has 0 aromatic heterocycles. The smallest absolute Gasteiger partial charge is 0.0902 e. The summed E-state index contributed by atoms with van der Waals surface area (Å²) in [6.45, 7) is 4.39. The van der Waals surface area contributed by atoms with Crippen LogP contribution in [0.25, 0.3) is 0 Å². The molecule has 0 amide bonds. The molecular weight excluding hydrogens is 243 g/mol. The van der Waals surface area contributed by atoms with Gasteiger partial charge in [-0.25, -0.2) is 0 Å². The maximum absolute atomic E-state index is 10.4. The molecule has 0 aliphatic heterocycles. The second kappa shape index (κ2) is 4.21. The lowest BCUT2D eigenvalue weighted by Gasteiger charge is -2.46. The molecule has 1 saturated carbocycles. The highest BCUT2D eigenvalue weighted by Crippen LogP contribution is 2.49. The Morgan fingerprint density at radius 1 is 1.25 bits per heavy atom. The lowest BCUT2D eigenvalue weighted by molar-refractivity contribution is -0.0933. The molecule has 1 fully saturated rings. The number of aliphatic hydroxyl groups is 1. The first-order valence-corrected chi connectivity index (χ1v) is 6.36. The van der Waals surface area contributed by atoms with E-state index in [1.54, 1.807) is 12.1 Å². The van der Waals surface area contributed by atoms with Crippen molar-refractivity contribution in [1.82, 2.24) is 0 Å². The van der Waals surface area contributed by atoms with Crippen LogP contribution in [0.5, 0.6) is 0 Å². The van der Waals surface area contributed by atoms with Crippen LogP contribution in [-0.4, -0.2) is 5.11 Å². The summed E-state index contributed by atoms with van der Waals surface area (Å²) in [6, 6.07) is 5.39. The van der Waals surface area contributed by atoms with Gasteiger partial charge in [-0.05, 0) is 42.4 Å². The van der Waals surface area contributed by atoms with Gasteiger partial charge in [0.05, 0.1) is 15.6 Å². The maximum Gasteiger partial charge on any atom is 0.0902 e. The van der Waals surface area contributed by atoms with Crippen molar-refractivity contribution in [1.29, 1.82) is 0 Å². The van der Waals surface area contributed by atoms with Gasteiger partial charge in [0, 0.05) is 0 Å². The summed E-state index contributed by atoms with van der Waals surface area (Å²) in [5.41, 5.74) is 0.196. The average Bonchev–Trinajstić information content (AvgIpc) is 2.17. The summed E-state index contributed by atoms with van der Waals surface area (Å²) < 4.78 is 0. The molecule has 0 radical (unpaired) electrons. The Kier molecular flexibility index (Phi) is 3.22. The minimum absolute atomic E-state index is 0.514. The largest absolute Gasteiger partial charge is 0.385 e. The van der Waals surface area contributed by atoms with Crippen molar-refractivity contribution in [3.8, 4) is 0 Å². The van der Waals surface area contributed by atoms with Gasteiger partial charge in [-0.1, -0.05) is 43.1 Å². The van der Waals surface area contributed by atoms with Crippen molar-refractivity contribution >= 4 is 23.2 Å². The number of halogens is 2. The lowest BCUT2D eigenvalue weighted by Crippen LogP contribution is -2.43. The number of rotatable bonds is 2. The first kappa shape index (κ1) is 12.2. The van der Waals surface area contributed by atoms with E-state index in [9.17, 15) is 5.11 Å². The zero-order valence-electron chi connectivity index (χ0n) is 9.50. The van der Waals surface area contributed by atoms with E-state index in [1.807, 2.05) is 6.07 Å². The minimum atomic E-state index is -0.691. The molecule has 1 aliphatic rings. The van der Waals surface area contributed by atoms with E-state index in [-0.39, 0.29) is 0 Å². The van der Waals surface area contributed by atoms with Crippen molar-refractivity contribution in [2.75, 3.05) is 0 Å². The Balaban J connectivity index is 2.17. The minimum Gasteiger partial charge on any atom is -0.385 e. The lowest BCUT2D eigenvalue weighted by atomic mass is 9.63. The Hall–Kier alpha value is -0.240. The summed E-state index contributed by atoms with van der Waals surface area (Å²) in [4.78, 5) is 0. The molecule has 1 aromatic rings. The molecule has 0 bridgehead atoms. The molecule has 88 valence electrons. The average molecular weight is 259 g/mol. The van der Waals surface area contributed by atoms with E-state index in [2.05, 4.69) is 13.8 Å². The normalized spacial score (nSPS) is 29.2. The zero-order chi connectivity index (χ0) is 11.9. The second-order valence-electron chi connectivity index (χ2n) is 5.07. The van der Waals surface area contributed by atoms with E-state index in [1.165, 1.54) is 0 Å². The molecule has 0 heterocycles. The maximum atomic E-state index is 10.4. The highest BCUT2D eigenvalue weighted by atomic mass is 35.5. The van der Waals surface area contributed by atoms with Gasteiger partial charge in [0.15, 0.2) is 0 Å². The van der Waals surface area contributed by atoms with E-state index in [0.717, 1.165) is 18.4 Å². The molecule has 1 aromatic carbocycles. The third-order valence-corrected chi connectivity index (χ3v) is 4.34. The van der Waals surface area contributed by atoms with E-state index >= 15 is 0 Å². The van der Waals surface area contributed by atoms with Crippen LogP contribution in [0.4, 0.5) is 0 Å². The molecule has 16 heavy (non-hydrogen) atoms. The van der Waals surface area contributed by atoms with Gasteiger partial charge in [0.25, 0.3) is 0 Å². The van der Waals surface area contributed by atoms with Crippen LogP contribution in [0.3, 0.4) is 0 Å². The summed E-state index contributed by atoms with van der Waals surface area (Å²) in [5, 5.41) is 11.5. The Bertz CT molecular complexity index is 395. The quantitative estimate of drug-likeness (QED) is 0.841.